The summed E-state index contributed by atoms with van der Waals surface area (Å²) in [7, 11) is -12.1. The molecule has 338 valence electrons. The first-order valence-electron chi connectivity index (χ1n) is 21.8. The first-order chi connectivity index (χ1) is 32.5. The first-order valence-corrected chi connectivity index (χ1v) is 26.4. The van der Waals surface area contributed by atoms with Gasteiger partial charge in [-0.2, -0.15) is 0 Å². The third kappa shape index (κ3) is 10.8. The number of hydrogen-bond donors (Lipinski definition) is 0. The molecule has 1 saturated heterocycles. The minimum atomic E-state index is -4.09. The molecule has 0 N–H and O–H groups in total. The Labute approximate surface area is 383 Å². The minimum absolute atomic E-state index is 0.0304. The molecule has 0 amide bonds. The van der Waals surface area contributed by atoms with Crippen molar-refractivity contribution in [1.82, 2.24) is 0 Å². The molecule has 16 heteroatoms. The van der Waals surface area contributed by atoms with Gasteiger partial charge in [-0.15, -0.1) is 9.03 Å². The summed E-state index contributed by atoms with van der Waals surface area (Å²) in [5.41, 5.74) is 0. The molecule has 1 spiro atoms. The molecule has 0 aromatic heterocycles. The van der Waals surface area contributed by atoms with Gasteiger partial charge < -0.3 is 46.1 Å². The van der Waals surface area contributed by atoms with Crippen LogP contribution >= 0.6 is 23.0 Å². The van der Waals surface area contributed by atoms with Crippen molar-refractivity contribution in [2.24, 2.45) is 13.5 Å². The Morgan fingerprint density at radius 3 is 0.879 bits per heavy atom. The summed E-state index contributed by atoms with van der Waals surface area (Å²) in [6, 6.07) is 55.3. The zero-order valence-corrected chi connectivity index (χ0v) is 38.7. The molecule has 0 radical (unpaired) electrons. The molecule has 2 aliphatic rings. The van der Waals surface area contributed by atoms with E-state index in [2.05, 4.69) is 0 Å². The summed E-state index contributed by atoms with van der Waals surface area (Å²) in [6.07, 6.45) is 0. The third-order valence-electron chi connectivity index (χ3n) is 10.5. The van der Waals surface area contributed by atoms with Crippen LogP contribution in [0.15, 0.2) is 183 Å². The largest absolute Gasteiger partial charge is 0.459 e. The van der Waals surface area contributed by atoms with Gasteiger partial charge in [-0.25, -0.2) is 0 Å². The molecule has 0 aliphatic carbocycles. The Kier molecular flexibility index (Phi) is 13.8. The molecule has 8 aromatic carbocycles. The molecule has 2 aliphatic heterocycles. The smallest absolute Gasteiger partial charge is 0.413 e. The quantitative estimate of drug-likeness (QED) is 0.136. The van der Waals surface area contributed by atoms with E-state index in [1.807, 2.05) is 170 Å². The van der Waals surface area contributed by atoms with E-state index < -0.39 is 23.0 Å². The van der Waals surface area contributed by atoms with Crippen LogP contribution in [0.1, 0.15) is 0 Å². The van der Waals surface area contributed by atoms with Gasteiger partial charge in [0.15, 0.2) is 0 Å². The lowest BCUT2D eigenvalue weighted by molar-refractivity contribution is -0.00426. The van der Waals surface area contributed by atoms with Gasteiger partial charge in [0.25, 0.3) is 0 Å². The number of benzene rings is 8. The van der Waals surface area contributed by atoms with Crippen LogP contribution in [0, 0.1) is 0 Å². The maximum atomic E-state index is 7.15. The first kappa shape index (κ1) is 44.3. The Morgan fingerprint density at radius 2 is 0.561 bits per heavy atom. The maximum Gasteiger partial charge on any atom is 0.459 e. The van der Waals surface area contributed by atoms with E-state index >= 15 is 0 Å². The molecular weight excluding hydrogens is 895 g/mol. The predicted octanol–water partition coefficient (Wildman–Crippen LogP) is 13.9. The van der Waals surface area contributed by atoms with Crippen LogP contribution in [0.4, 0.5) is 0 Å². The molecule has 8 aromatic rings. The van der Waals surface area contributed by atoms with E-state index in [4.69, 9.17) is 59.6 Å². The molecule has 0 atom stereocenters. The van der Waals surface area contributed by atoms with Gasteiger partial charge in [0.2, 0.25) is 0 Å². The molecule has 2 heterocycles. The highest BCUT2D eigenvalue weighted by Crippen LogP contribution is 2.79. The van der Waals surface area contributed by atoms with Crippen LogP contribution in [-0.2, 0) is 28.0 Å². The average molecular weight is 944 g/mol. The van der Waals surface area contributed by atoms with Crippen molar-refractivity contribution in [3.05, 3.63) is 170 Å². The van der Waals surface area contributed by atoms with Crippen molar-refractivity contribution in [1.29, 1.82) is 0 Å². The number of fused-ring (bicyclic) bond motifs is 4. The zero-order valence-electron chi connectivity index (χ0n) is 36.0. The lowest BCUT2D eigenvalue weighted by Gasteiger charge is -2.33. The SMILES string of the molecule is c1ccc2cc(OP3(Oc4ccc5ccccc5c4)=NP4(=NP(Oc5ccc6ccccc6c5)(Oc5ccc6ccccc6c5)=N3)OCCOCCOCCOCCOCCO4)ccc2c1. The number of ether oxygens (including phenoxy) is 4. The second-order valence-electron chi connectivity index (χ2n) is 15.3. The van der Waals surface area contributed by atoms with Crippen LogP contribution in [0.2, 0.25) is 0 Å². The Balaban J connectivity index is 1.20. The monoisotopic (exact) mass is 943 g/mol. The normalized spacial score (nSPS) is 18.1. The lowest BCUT2D eigenvalue weighted by Crippen LogP contribution is -2.13. The summed E-state index contributed by atoms with van der Waals surface area (Å²) >= 11 is 0. The van der Waals surface area contributed by atoms with Gasteiger partial charge in [-0.3, -0.25) is 0 Å². The molecule has 66 heavy (non-hydrogen) atoms. The molecule has 1 fully saturated rings. The van der Waals surface area contributed by atoms with Crippen molar-refractivity contribution in [2.45, 2.75) is 0 Å². The fourth-order valence-electron chi connectivity index (χ4n) is 7.44. The molecular formula is C50H48N3O10P3. The second kappa shape index (κ2) is 20.5. The van der Waals surface area contributed by atoms with Crippen molar-refractivity contribution >= 4 is 66.1 Å². The van der Waals surface area contributed by atoms with Crippen LogP contribution in [0.5, 0.6) is 23.0 Å². The van der Waals surface area contributed by atoms with Gasteiger partial charge in [0, 0.05) is 0 Å². The predicted molar refractivity (Wildman–Crippen MR) is 262 cm³/mol. The standard InChI is InChI=1S/C50H48N3O10P3/c1-5-13-43-35-47(21-17-39(43)9-1)60-65(61-48-22-18-40-10-2-6-14-44(40)36-48)51-64(58-33-31-56-29-27-54-25-26-55-28-30-57-32-34-59-64)52-66(53-65,62-49-23-19-41-11-3-7-15-45(41)37-49)63-50-24-20-42-12-4-8-16-46(42)38-50/h1-24,35-38H,25-34H2. The molecule has 0 unspecified atom stereocenters. The number of rotatable bonds is 8. The van der Waals surface area contributed by atoms with E-state index in [0.29, 0.717) is 62.6 Å². The average Bonchev–Trinajstić information content (AvgIpc) is 3.33. The van der Waals surface area contributed by atoms with Crippen molar-refractivity contribution in [2.75, 3.05) is 66.1 Å². The van der Waals surface area contributed by atoms with Crippen LogP contribution in [0.25, 0.3) is 43.1 Å². The summed E-state index contributed by atoms with van der Waals surface area (Å²) in [6.45, 7) is 2.73. The Bertz CT molecular complexity index is 2810. The highest BCUT2D eigenvalue weighted by Gasteiger charge is 2.47. The highest BCUT2D eigenvalue weighted by molar-refractivity contribution is 7.78. The van der Waals surface area contributed by atoms with Crippen molar-refractivity contribution < 1.29 is 46.1 Å². The van der Waals surface area contributed by atoms with E-state index in [0.717, 1.165) is 43.1 Å². The van der Waals surface area contributed by atoms with Crippen LogP contribution < -0.4 is 18.1 Å². The maximum absolute atomic E-state index is 7.15. The van der Waals surface area contributed by atoms with Crippen molar-refractivity contribution in [3.63, 3.8) is 0 Å². The fourth-order valence-corrected chi connectivity index (χ4v) is 16.6. The summed E-state index contributed by atoms with van der Waals surface area (Å²) in [5.74, 6) is 1.79. The van der Waals surface area contributed by atoms with Gasteiger partial charge in [-0.1, -0.05) is 126 Å². The molecule has 13 nitrogen and oxygen atoms in total. The lowest BCUT2D eigenvalue weighted by atomic mass is 10.1. The van der Waals surface area contributed by atoms with Gasteiger partial charge >= 0.3 is 23.0 Å². The van der Waals surface area contributed by atoms with E-state index in [1.165, 1.54) is 0 Å². The Morgan fingerprint density at radius 1 is 0.288 bits per heavy atom. The fraction of sp³-hybridized carbons (Fsp3) is 0.200. The van der Waals surface area contributed by atoms with Crippen LogP contribution in [-0.4, -0.2) is 66.1 Å². The summed E-state index contributed by atoms with van der Waals surface area (Å²) < 4.78 is 81.8. The molecule has 0 bridgehead atoms. The van der Waals surface area contributed by atoms with E-state index in [-0.39, 0.29) is 26.4 Å². The van der Waals surface area contributed by atoms with Gasteiger partial charge in [-0.05, 0) is 91.6 Å². The molecule has 0 saturated carbocycles. The number of nitrogens with zero attached hydrogens (tertiary/aromatic N) is 3. The van der Waals surface area contributed by atoms with Gasteiger partial charge in [0.1, 0.15) is 23.0 Å². The highest BCUT2D eigenvalue weighted by atomic mass is 31.3. The van der Waals surface area contributed by atoms with Gasteiger partial charge in [0.05, 0.1) is 66.1 Å². The van der Waals surface area contributed by atoms with Crippen LogP contribution in [0.3, 0.4) is 0 Å². The second-order valence-corrected chi connectivity index (χ2v) is 21.6. The Hall–Kier alpha value is -5.55. The summed E-state index contributed by atoms with van der Waals surface area (Å²) in [5, 5.41) is 7.90. The zero-order chi connectivity index (χ0) is 44.5. The number of hydrogen-bond acceptors (Lipinski definition) is 13. The van der Waals surface area contributed by atoms with E-state index in [9.17, 15) is 0 Å². The molecule has 10 rings (SSSR count). The van der Waals surface area contributed by atoms with E-state index in [1.54, 1.807) is 0 Å². The summed E-state index contributed by atoms with van der Waals surface area (Å²) in [4.78, 5) is 0. The third-order valence-corrected chi connectivity index (χ3v) is 18.8. The minimum Gasteiger partial charge on any atom is -0.413 e. The van der Waals surface area contributed by atoms with Crippen molar-refractivity contribution in [3.8, 4) is 23.0 Å². The topological polar surface area (TPSA) is 129 Å².